The zero-order chi connectivity index (χ0) is 49.2. The average Bonchev–Trinajstić information content (AvgIpc) is 3.29. The lowest BCUT2D eigenvalue weighted by Gasteiger charge is -2.26. The third-order valence-electron chi connectivity index (χ3n) is 11.6. The predicted octanol–water partition coefficient (Wildman–Crippen LogP) is 16.3. The third-order valence-corrected chi connectivity index (χ3v) is 12.6. The van der Waals surface area contributed by atoms with E-state index in [2.05, 4.69) is 116 Å². The summed E-state index contributed by atoms with van der Waals surface area (Å²) in [4.78, 5) is 23.3. The number of carbonyl (C=O) groups is 1. The summed E-state index contributed by atoms with van der Waals surface area (Å²) in [6, 6.07) is -0.791. The number of phosphoric acid groups is 1. The number of hydrogen-bond acceptors (Lipinski definition) is 5. The molecule has 0 aromatic heterocycles. The molecule has 8 nitrogen and oxygen atoms in total. The number of aliphatic hydroxyl groups excluding tert-OH is 1. The number of hydrogen-bond donors (Lipinski definition) is 3. The molecule has 1 amide bonds. The van der Waals surface area contributed by atoms with Crippen LogP contribution in [-0.4, -0.2) is 73.4 Å². The van der Waals surface area contributed by atoms with Gasteiger partial charge in [-0.25, -0.2) is 4.57 Å². The summed E-state index contributed by atoms with van der Waals surface area (Å²) in [5, 5.41) is 14.0. The number of likely N-dealkylation sites (N-methyl/N-ethyl adjacent to an activating group) is 1. The molecule has 0 saturated carbocycles. The fraction of sp³-hybridized carbons (Fsp3) is 0.707. The highest BCUT2D eigenvalue weighted by Crippen LogP contribution is 2.43. The minimum atomic E-state index is -4.34. The number of aliphatic hydroxyl groups is 1. The molecule has 0 aromatic carbocycles. The molecule has 9 heteroatoms. The summed E-state index contributed by atoms with van der Waals surface area (Å²) in [5.74, 6) is -0.189. The van der Waals surface area contributed by atoms with Crippen LogP contribution in [0, 0.1) is 0 Å². The van der Waals surface area contributed by atoms with Gasteiger partial charge in [-0.05, 0) is 77.0 Å². The van der Waals surface area contributed by atoms with Crippen molar-refractivity contribution in [2.24, 2.45) is 0 Å². The van der Waals surface area contributed by atoms with Gasteiger partial charge in [0.25, 0.3) is 0 Å². The van der Waals surface area contributed by atoms with Crippen molar-refractivity contribution >= 4 is 13.7 Å². The standard InChI is InChI=1S/C58H103N2O6P/c1-6-8-10-12-14-16-18-20-22-24-26-27-28-29-30-31-32-33-34-36-38-40-42-44-46-48-50-52-58(62)59-56(55-66-67(63,64)65-54-53-60(3,4)5)57(61)51-49-47-45-43-41-39-37-35-25-23-21-19-17-15-13-11-9-7-2/h8,10,14,16,20,22,26-27,29-30,32-33,36,38,42,44,56-57,61H,6-7,9,11-13,15,17-19,21,23-25,28,31,34-35,37,39-41,43,45-55H2,1-5H3,(H-,59,62,63,64)/p+1/b10-8-,16-14-,22-20-,27-26-,30-29-,33-32-,38-36-,44-42-. The summed E-state index contributed by atoms with van der Waals surface area (Å²) in [5.41, 5.74) is 0. The van der Waals surface area contributed by atoms with Crippen molar-refractivity contribution in [2.75, 3.05) is 40.9 Å². The number of phosphoric ester groups is 1. The van der Waals surface area contributed by atoms with E-state index in [0.717, 1.165) is 83.5 Å². The first kappa shape index (κ1) is 64.4. The van der Waals surface area contributed by atoms with E-state index in [0.29, 0.717) is 30.3 Å². The monoisotopic (exact) mass is 956 g/mol. The second-order valence-corrected chi connectivity index (χ2v) is 20.7. The van der Waals surface area contributed by atoms with Gasteiger partial charge >= 0.3 is 7.82 Å². The molecule has 0 aromatic rings. The van der Waals surface area contributed by atoms with E-state index in [1.807, 2.05) is 21.1 Å². The Morgan fingerprint density at radius 1 is 0.522 bits per heavy atom. The number of unbranched alkanes of at least 4 members (excludes halogenated alkanes) is 19. The van der Waals surface area contributed by atoms with E-state index in [9.17, 15) is 19.4 Å². The molecule has 0 saturated heterocycles. The zero-order valence-corrected chi connectivity index (χ0v) is 44.8. The molecule has 0 fully saturated rings. The second-order valence-electron chi connectivity index (χ2n) is 19.2. The lowest BCUT2D eigenvalue weighted by atomic mass is 10.0. The van der Waals surface area contributed by atoms with Gasteiger partial charge in [0, 0.05) is 6.42 Å². The number of amides is 1. The molecule has 3 atom stereocenters. The van der Waals surface area contributed by atoms with Crippen molar-refractivity contribution in [3.05, 3.63) is 97.2 Å². The van der Waals surface area contributed by atoms with Crippen LogP contribution in [0.25, 0.3) is 0 Å². The number of allylic oxidation sites excluding steroid dienone is 16. The highest BCUT2D eigenvalue weighted by Gasteiger charge is 2.28. The first-order valence-electron chi connectivity index (χ1n) is 27.1. The summed E-state index contributed by atoms with van der Waals surface area (Å²) in [6.07, 6.45) is 68.8. The number of nitrogens with zero attached hydrogens (tertiary/aromatic N) is 1. The van der Waals surface area contributed by atoms with Crippen LogP contribution in [0.4, 0.5) is 0 Å². The van der Waals surface area contributed by atoms with Crippen molar-refractivity contribution in [1.29, 1.82) is 0 Å². The van der Waals surface area contributed by atoms with Crippen molar-refractivity contribution in [3.63, 3.8) is 0 Å². The zero-order valence-electron chi connectivity index (χ0n) is 43.9. The lowest BCUT2D eigenvalue weighted by Crippen LogP contribution is -2.46. The van der Waals surface area contributed by atoms with Crippen molar-refractivity contribution in [3.8, 4) is 0 Å². The second kappa shape index (κ2) is 48.4. The Morgan fingerprint density at radius 3 is 1.28 bits per heavy atom. The SMILES string of the molecule is CC/C=C\C/C=C\C/C=C\C/C=C\C/C=C\C/C=C\C/C=C\C/C=C\CCCCC(=O)NC(COP(=O)(O)OCC[N+](C)(C)C)C(O)CCCCCCCCCCCCCCCCCCCC. The summed E-state index contributed by atoms with van der Waals surface area (Å²) >= 11 is 0. The maximum atomic E-state index is 13.0. The maximum Gasteiger partial charge on any atom is 0.472 e. The fourth-order valence-electron chi connectivity index (χ4n) is 7.36. The highest BCUT2D eigenvalue weighted by molar-refractivity contribution is 7.47. The van der Waals surface area contributed by atoms with E-state index >= 15 is 0 Å². The molecule has 3 unspecified atom stereocenters. The molecule has 0 radical (unpaired) electrons. The van der Waals surface area contributed by atoms with Gasteiger partial charge in [-0.3, -0.25) is 13.8 Å². The van der Waals surface area contributed by atoms with Gasteiger partial charge in [0.15, 0.2) is 0 Å². The number of rotatable bonds is 48. The average molecular weight is 956 g/mol. The molecule has 0 bridgehead atoms. The number of quaternary nitrogens is 1. The van der Waals surface area contributed by atoms with Gasteiger partial charge in [0.05, 0.1) is 39.9 Å². The van der Waals surface area contributed by atoms with Crippen molar-refractivity contribution in [2.45, 2.75) is 225 Å². The molecule has 0 aliphatic heterocycles. The van der Waals surface area contributed by atoms with Crippen LogP contribution in [0.15, 0.2) is 97.2 Å². The van der Waals surface area contributed by atoms with Crippen LogP contribution in [0.1, 0.15) is 213 Å². The molecule has 0 aliphatic carbocycles. The minimum Gasteiger partial charge on any atom is -0.391 e. The van der Waals surface area contributed by atoms with Crippen LogP contribution >= 0.6 is 7.82 Å². The van der Waals surface area contributed by atoms with E-state index in [-0.39, 0.29) is 19.1 Å². The van der Waals surface area contributed by atoms with Crippen molar-refractivity contribution in [1.82, 2.24) is 5.32 Å². The summed E-state index contributed by atoms with van der Waals surface area (Å²) in [6.45, 7) is 4.74. The number of carbonyl (C=O) groups excluding carboxylic acids is 1. The molecular weight excluding hydrogens is 852 g/mol. The van der Waals surface area contributed by atoms with E-state index in [4.69, 9.17) is 9.05 Å². The Labute approximate surface area is 413 Å². The van der Waals surface area contributed by atoms with E-state index < -0.39 is 20.0 Å². The first-order chi connectivity index (χ1) is 32.5. The van der Waals surface area contributed by atoms with Crippen LogP contribution in [0.2, 0.25) is 0 Å². The Balaban J connectivity index is 4.35. The largest absolute Gasteiger partial charge is 0.472 e. The molecular formula is C58H104N2O6P+. The van der Waals surface area contributed by atoms with Crippen molar-refractivity contribution < 1.29 is 32.9 Å². The summed E-state index contributed by atoms with van der Waals surface area (Å²) < 4.78 is 23.7. The van der Waals surface area contributed by atoms with Gasteiger partial charge in [0.1, 0.15) is 13.2 Å². The molecule has 386 valence electrons. The highest BCUT2D eigenvalue weighted by atomic mass is 31.2. The van der Waals surface area contributed by atoms with Crippen LogP contribution in [0.3, 0.4) is 0 Å². The normalized spacial score (nSPS) is 14.8. The molecule has 67 heavy (non-hydrogen) atoms. The minimum absolute atomic E-state index is 0.0607. The van der Waals surface area contributed by atoms with Gasteiger partial charge in [-0.15, -0.1) is 0 Å². The fourth-order valence-corrected chi connectivity index (χ4v) is 8.09. The van der Waals surface area contributed by atoms with Gasteiger partial charge in [-0.1, -0.05) is 227 Å². The van der Waals surface area contributed by atoms with Gasteiger partial charge < -0.3 is 19.8 Å². The third kappa shape index (κ3) is 51.1. The Kier molecular flexibility index (Phi) is 46.6. The van der Waals surface area contributed by atoms with Gasteiger partial charge in [0.2, 0.25) is 5.91 Å². The summed E-state index contributed by atoms with van der Waals surface area (Å²) in [7, 11) is 1.57. The van der Waals surface area contributed by atoms with E-state index in [1.54, 1.807) is 0 Å². The van der Waals surface area contributed by atoms with E-state index in [1.165, 1.54) is 96.3 Å². The maximum absolute atomic E-state index is 13.0. The lowest BCUT2D eigenvalue weighted by molar-refractivity contribution is -0.870. The Morgan fingerprint density at radius 2 is 0.896 bits per heavy atom. The van der Waals surface area contributed by atoms with Crippen LogP contribution < -0.4 is 5.32 Å². The number of nitrogens with one attached hydrogen (secondary N) is 1. The van der Waals surface area contributed by atoms with Crippen LogP contribution in [0.5, 0.6) is 0 Å². The molecule has 0 heterocycles. The topological polar surface area (TPSA) is 105 Å². The quantitative estimate of drug-likeness (QED) is 0.0243. The first-order valence-corrected chi connectivity index (χ1v) is 28.6. The smallest absolute Gasteiger partial charge is 0.391 e. The van der Waals surface area contributed by atoms with Crippen LogP contribution in [-0.2, 0) is 18.4 Å². The van der Waals surface area contributed by atoms with Gasteiger partial charge in [-0.2, -0.15) is 0 Å². The molecule has 3 N–H and O–H groups in total. The molecule has 0 rings (SSSR count). The predicted molar refractivity (Wildman–Crippen MR) is 290 cm³/mol. The Bertz CT molecular complexity index is 1410. The molecule has 0 spiro atoms. The molecule has 0 aliphatic rings. The Hall–Kier alpha value is -2.58.